The summed E-state index contributed by atoms with van der Waals surface area (Å²) in [4.78, 5) is 21.1. The molecule has 0 spiro atoms. The molecule has 0 radical (unpaired) electrons. The molecule has 0 bridgehead atoms. The van der Waals surface area contributed by atoms with Gasteiger partial charge in [0, 0.05) is 20.3 Å². The van der Waals surface area contributed by atoms with Gasteiger partial charge in [0.05, 0.1) is 16.6 Å². The van der Waals surface area contributed by atoms with Crippen molar-refractivity contribution < 1.29 is 23.2 Å². The van der Waals surface area contributed by atoms with Gasteiger partial charge in [-0.2, -0.15) is 4.39 Å². The molecule has 0 aliphatic heterocycles. The summed E-state index contributed by atoms with van der Waals surface area (Å²) in [6.07, 6.45) is 1.29. The predicted molar refractivity (Wildman–Crippen MR) is 66.5 cm³/mol. The number of nitro groups is 1. The Kier molecular flexibility index (Phi) is 5.98. The molecule has 0 fully saturated rings. The Hall–Kier alpha value is -2.09. The maximum absolute atomic E-state index is 13.7. The molecular weight excluding hydrogens is 274 g/mol. The third kappa shape index (κ3) is 4.23. The first kappa shape index (κ1) is 16.0. The molecule has 1 aromatic carbocycles. The van der Waals surface area contributed by atoms with Crippen LogP contribution in [0, 0.1) is 21.7 Å². The molecule has 0 heterocycles. The van der Waals surface area contributed by atoms with Crippen LogP contribution in [0.1, 0.15) is 23.2 Å². The van der Waals surface area contributed by atoms with Gasteiger partial charge in [-0.3, -0.25) is 14.9 Å². The van der Waals surface area contributed by atoms with Crippen LogP contribution in [-0.4, -0.2) is 31.1 Å². The fourth-order valence-corrected chi connectivity index (χ4v) is 1.54. The molecule has 0 aliphatic rings. The van der Waals surface area contributed by atoms with Crippen molar-refractivity contribution in [3.8, 4) is 0 Å². The maximum Gasteiger partial charge on any atom is 0.308 e. The van der Waals surface area contributed by atoms with E-state index >= 15 is 0 Å². The Balaban J connectivity index is 2.75. The smallest absolute Gasteiger partial charge is 0.308 e. The number of hydrogen-bond donors (Lipinski definition) is 1. The van der Waals surface area contributed by atoms with Gasteiger partial charge >= 0.3 is 5.69 Å². The zero-order valence-corrected chi connectivity index (χ0v) is 10.8. The summed E-state index contributed by atoms with van der Waals surface area (Å²) in [5.41, 5.74) is -1.74. The highest BCUT2D eigenvalue weighted by atomic mass is 19.1. The van der Waals surface area contributed by atoms with Crippen molar-refractivity contribution >= 4 is 11.6 Å². The molecule has 0 unspecified atom stereocenters. The van der Waals surface area contributed by atoms with Gasteiger partial charge in [0.15, 0.2) is 0 Å². The monoisotopic (exact) mass is 288 g/mol. The highest BCUT2D eigenvalue weighted by molar-refractivity contribution is 5.95. The van der Waals surface area contributed by atoms with E-state index in [-0.39, 0.29) is 6.54 Å². The van der Waals surface area contributed by atoms with E-state index in [2.05, 4.69) is 5.32 Å². The first-order valence-corrected chi connectivity index (χ1v) is 5.88. The standard InChI is InChI=1S/C12H14F2N2O4/c1-20-5-3-2-4-15-12(17)9-6-8(13)7-10(11(9)14)16(18)19/h6-7H,2-5H2,1H3,(H,15,17). The molecule has 1 amide bonds. The summed E-state index contributed by atoms with van der Waals surface area (Å²) in [6, 6.07) is 1.07. The second-order valence-electron chi connectivity index (χ2n) is 4.00. The lowest BCUT2D eigenvalue weighted by molar-refractivity contribution is -0.387. The molecule has 0 aliphatic carbocycles. The second-order valence-corrected chi connectivity index (χ2v) is 4.00. The third-order valence-corrected chi connectivity index (χ3v) is 2.52. The number of carbonyl (C=O) groups is 1. The first-order valence-electron chi connectivity index (χ1n) is 5.88. The van der Waals surface area contributed by atoms with Crippen LogP contribution in [0.3, 0.4) is 0 Å². The molecule has 0 saturated heterocycles. The van der Waals surface area contributed by atoms with Gasteiger partial charge in [-0.15, -0.1) is 0 Å². The van der Waals surface area contributed by atoms with Gasteiger partial charge in [-0.1, -0.05) is 0 Å². The van der Waals surface area contributed by atoms with Gasteiger partial charge in [-0.25, -0.2) is 4.39 Å². The van der Waals surface area contributed by atoms with Gasteiger partial charge in [0.2, 0.25) is 5.82 Å². The molecule has 1 N–H and O–H groups in total. The number of unbranched alkanes of at least 4 members (excludes halogenated alkanes) is 1. The van der Waals surface area contributed by atoms with Crippen molar-refractivity contribution in [2.24, 2.45) is 0 Å². The van der Waals surface area contributed by atoms with E-state index in [0.717, 1.165) is 0 Å². The number of halogens is 2. The normalized spacial score (nSPS) is 10.3. The summed E-state index contributed by atoms with van der Waals surface area (Å²) in [7, 11) is 1.54. The van der Waals surface area contributed by atoms with Crippen LogP contribution in [0.4, 0.5) is 14.5 Å². The number of nitro benzene ring substituents is 1. The van der Waals surface area contributed by atoms with Crippen LogP contribution in [-0.2, 0) is 4.74 Å². The third-order valence-electron chi connectivity index (χ3n) is 2.52. The van der Waals surface area contributed by atoms with Crippen LogP contribution in [0.2, 0.25) is 0 Å². The number of hydrogen-bond acceptors (Lipinski definition) is 4. The van der Waals surface area contributed by atoms with Crippen molar-refractivity contribution in [2.75, 3.05) is 20.3 Å². The topological polar surface area (TPSA) is 81.5 Å². The fourth-order valence-electron chi connectivity index (χ4n) is 1.54. The number of carbonyl (C=O) groups excluding carboxylic acids is 1. The Labute approximate surface area is 113 Å². The van der Waals surface area contributed by atoms with E-state index in [1.165, 1.54) is 0 Å². The quantitative estimate of drug-likeness (QED) is 0.473. The maximum atomic E-state index is 13.7. The van der Waals surface area contributed by atoms with Crippen LogP contribution in [0.25, 0.3) is 0 Å². The Morgan fingerprint density at radius 3 is 2.70 bits per heavy atom. The van der Waals surface area contributed by atoms with Crippen molar-refractivity contribution in [2.45, 2.75) is 12.8 Å². The zero-order valence-electron chi connectivity index (χ0n) is 10.8. The minimum atomic E-state index is -1.34. The second kappa shape index (κ2) is 7.49. The number of nitrogens with zero attached hydrogens (tertiary/aromatic N) is 1. The van der Waals surface area contributed by atoms with Gasteiger partial charge < -0.3 is 10.1 Å². The molecule has 0 aromatic heterocycles. The van der Waals surface area contributed by atoms with Crippen LogP contribution in [0.15, 0.2) is 12.1 Å². The fraction of sp³-hybridized carbons (Fsp3) is 0.417. The predicted octanol–water partition coefficient (Wildman–Crippen LogP) is 2.03. The van der Waals surface area contributed by atoms with E-state index < -0.39 is 33.7 Å². The molecule has 110 valence electrons. The summed E-state index contributed by atoms with van der Waals surface area (Å²) in [6.45, 7) is 0.765. The zero-order chi connectivity index (χ0) is 15.1. The molecule has 0 atom stereocenters. The first-order chi connectivity index (χ1) is 9.47. The van der Waals surface area contributed by atoms with Crippen LogP contribution < -0.4 is 5.32 Å². The highest BCUT2D eigenvalue weighted by Crippen LogP contribution is 2.22. The number of nitrogens with one attached hydrogen (secondary N) is 1. The number of amides is 1. The van der Waals surface area contributed by atoms with Crippen molar-refractivity contribution in [3.63, 3.8) is 0 Å². The van der Waals surface area contributed by atoms with Crippen molar-refractivity contribution in [3.05, 3.63) is 39.4 Å². The number of methoxy groups -OCH3 is 1. The SMILES string of the molecule is COCCCCNC(=O)c1cc(F)cc([N+](=O)[O-])c1F. The van der Waals surface area contributed by atoms with E-state index in [0.29, 0.717) is 31.6 Å². The van der Waals surface area contributed by atoms with Gasteiger partial charge in [0.1, 0.15) is 5.82 Å². The Morgan fingerprint density at radius 2 is 2.10 bits per heavy atom. The average molecular weight is 288 g/mol. The molecule has 1 aromatic rings. The van der Waals surface area contributed by atoms with Gasteiger partial charge in [-0.05, 0) is 18.9 Å². The Morgan fingerprint density at radius 1 is 1.40 bits per heavy atom. The highest BCUT2D eigenvalue weighted by Gasteiger charge is 2.23. The van der Waals surface area contributed by atoms with E-state index in [1.54, 1.807) is 7.11 Å². The van der Waals surface area contributed by atoms with Crippen molar-refractivity contribution in [1.82, 2.24) is 5.32 Å². The lowest BCUT2D eigenvalue weighted by Gasteiger charge is -2.06. The summed E-state index contributed by atoms with van der Waals surface area (Å²) in [5.74, 6) is -3.27. The summed E-state index contributed by atoms with van der Waals surface area (Å²) >= 11 is 0. The number of benzene rings is 1. The molecular formula is C12H14F2N2O4. The molecule has 20 heavy (non-hydrogen) atoms. The van der Waals surface area contributed by atoms with E-state index in [4.69, 9.17) is 4.74 Å². The minimum absolute atomic E-state index is 0.242. The molecule has 6 nitrogen and oxygen atoms in total. The van der Waals surface area contributed by atoms with Crippen LogP contribution in [0.5, 0.6) is 0 Å². The Bertz CT molecular complexity index is 508. The van der Waals surface area contributed by atoms with E-state index in [1.807, 2.05) is 0 Å². The summed E-state index contributed by atoms with van der Waals surface area (Å²) in [5, 5.41) is 12.9. The molecule has 0 saturated carbocycles. The average Bonchev–Trinajstić information content (AvgIpc) is 2.40. The minimum Gasteiger partial charge on any atom is -0.385 e. The lowest BCUT2D eigenvalue weighted by atomic mass is 10.1. The number of rotatable bonds is 7. The summed E-state index contributed by atoms with van der Waals surface area (Å²) < 4.78 is 31.7. The molecule has 8 heteroatoms. The van der Waals surface area contributed by atoms with E-state index in [9.17, 15) is 23.7 Å². The lowest BCUT2D eigenvalue weighted by Crippen LogP contribution is -2.26. The van der Waals surface area contributed by atoms with Gasteiger partial charge in [0.25, 0.3) is 5.91 Å². The van der Waals surface area contributed by atoms with Crippen molar-refractivity contribution in [1.29, 1.82) is 0 Å². The van der Waals surface area contributed by atoms with Crippen LogP contribution >= 0.6 is 0 Å². The molecule has 1 rings (SSSR count). The largest absolute Gasteiger partial charge is 0.385 e. The number of ether oxygens (including phenoxy) is 1.